The predicted octanol–water partition coefficient (Wildman–Crippen LogP) is 2.93. The summed E-state index contributed by atoms with van der Waals surface area (Å²) in [6, 6.07) is 3.27. The van der Waals surface area contributed by atoms with Crippen LogP contribution in [0.25, 0.3) is 0 Å². The molecule has 0 saturated carbocycles. The van der Waals surface area contributed by atoms with E-state index in [0.29, 0.717) is 18.7 Å². The number of aromatic nitrogens is 1. The minimum Gasteiger partial charge on any atom is -0.312 e. The number of pyridine rings is 1. The number of amides is 1. The van der Waals surface area contributed by atoms with E-state index in [-0.39, 0.29) is 22.1 Å². The molecule has 2 rings (SSSR count). The number of rotatable bonds is 2. The maximum Gasteiger partial charge on any atom is 0.227 e. The second kappa shape index (κ2) is 4.44. The molecule has 0 aromatic carbocycles. The largest absolute Gasteiger partial charge is 0.312 e. The third kappa shape index (κ3) is 2.20. The minimum atomic E-state index is 0.0585. The van der Waals surface area contributed by atoms with Crippen molar-refractivity contribution in [3.8, 4) is 0 Å². The van der Waals surface area contributed by atoms with Crippen LogP contribution in [0.15, 0.2) is 24.8 Å². The number of nitrogens with zero attached hydrogens (tertiary/aromatic N) is 2. The molecule has 1 aliphatic rings. The van der Waals surface area contributed by atoms with E-state index in [1.165, 1.54) is 0 Å². The van der Waals surface area contributed by atoms with E-state index in [2.05, 4.69) is 11.6 Å². The molecule has 1 saturated heterocycles. The fraction of sp³-hybridized carbons (Fsp3) is 0.273. The van der Waals surface area contributed by atoms with Crippen LogP contribution in [0.3, 0.4) is 0 Å². The first-order valence-electron chi connectivity index (χ1n) is 4.86. The third-order valence-electron chi connectivity index (χ3n) is 2.55. The molecular formula is C11H10Cl2N2O. The average molecular weight is 257 g/mol. The van der Waals surface area contributed by atoms with Crippen molar-refractivity contribution in [2.24, 2.45) is 5.92 Å². The highest BCUT2D eigenvalue weighted by Gasteiger charge is 2.29. The van der Waals surface area contributed by atoms with Crippen LogP contribution in [0.2, 0.25) is 10.3 Å². The number of halogens is 2. The van der Waals surface area contributed by atoms with Gasteiger partial charge in [-0.05, 0) is 12.1 Å². The zero-order chi connectivity index (χ0) is 11.7. The maximum atomic E-state index is 11.7. The highest BCUT2D eigenvalue weighted by atomic mass is 35.5. The molecule has 1 aromatic heterocycles. The number of hydrogen-bond acceptors (Lipinski definition) is 2. The van der Waals surface area contributed by atoms with Gasteiger partial charge in [-0.2, -0.15) is 0 Å². The van der Waals surface area contributed by atoms with Gasteiger partial charge in [0.25, 0.3) is 0 Å². The van der Waals surface area contributed by atoms with E-state index in [9.17, 15) is 4.79 Å². The lowest BCUT2D eigenvalue weighted by atomic mass is 10.1. The second-order valence-electron chi connectivity index (χ2n) is 3.68. The summed E-state index contributed by atoms with van der Waals surface area (Å²) in [7, 11) is 0. The summed E-state index contributed by atoms with van der Waals surface area (Å²) in [6.07, 6.45) is 2.28. The molecule has 0 spiro atoms. The van der Waals surface area contributed by atoms with Crippen LogP contribution in [0.5, 0.6) is 0 Å². The van der Waals surface area contributed by atoms with E-state index >= 15 is 0 Å². The van der Waals surface area contributed by atoms with E-state index in [0.717, 1.165) is 0 Å². The lowest BCUT2D eigenvalue weighted by molar-refractivity contribution is -0.117. The molecule has 1 unspecified atom stereocenters. The van der Waals surface area contributed by atoms with Gasteiger partial charge in [0.05, 0.1) is 0 Å². The van der Waals surface area contributed by atoms with Gasteiger partial charge >= 0.3 is 0 Å². The zero-order valence-electron chi connectivity index (χ0n) is 8.49. The summed E-state index contributed by atoms with van der Waals surface area (Å²) >= 11 is 11.6. The number of hydrogen-bond donors (Lipinski definition) is 0. The molecule has 2 heterocycles. The third-order valence-corrected chi connectivity index (χ3v) is 2.93. The first-order valence-corrected chi connectivity index (χ1v) is 5.62. The molecule has 0 N–H and O–H groups in total. The summed E-state index contributed by atoms with van der Waals surface area (Å²) < 4.78 is 0. The fourth-order valence-electron chi connectivity index (χ4n) is 1.75. The SMILES string of the molecule is C=CC1CC(=O)N(c2cc(Cl)nc(Cl)c2)C1. The molecule has 1 aliphatic heterocycles. The van der Waals surface area contributed by atoms with Crippen LogP contribution in [0.1, 0.15) is 6.42 Å². The van der Waals surface area contributed by atoms with Gasteiger partial charge in [0.15, 0.2) is 0 Å². The van der Waals surface area contributed by atoms with Crippen molar-refractivity contribution in [3.05, 3.63) is 35.1 Å². The molecule has 0 radical (unpaired) electrons. The molecule has 0 bridgehead atoms. The lowest BCUT2D eigenvalue weighted by Gasteiger charge is -2.16. The first-order chi connectivity index (χ1) is 7.60. The van der Waals surface area contributed by atoms with Crippen molar-refractivity contribution in [2.45, 2.75) is 6.42 Å². The Morgan fingerprint density at radius 3 is 2.56 bits per heavy atom. The Labute approximate surface area is 104 Å². The van der Waals surface area contributed by atoms with Gasteiger partial charge in [0.1, 0.15) is 10.3 Å². The second-order valence-corrected chi connectivity index (χ2v) is 4.45. The molecule has 16 heavy (non-hydrogen) atoms. The van der Waals surface area contributed by atoms with Gasteiger partial charge in [0, 0.05) is 24.6 Å². The van der Waals surface area contributed by atoms with Gasteiger partial charge in [-0.3, -0.25) is 4.79 Å². The normalized spacial score (nSPS) is 20.2. The predicted molar refractivity (Wildman–Crippen MR) is 64.9 cm³/mol. The summed E-state index contributed by atoms with van der Waals surface area (Å²) in [6.45, 7) is 4.32. The smallest absolute Gasteiger partial charge is 0.227 e. The molecule has 1 atom stereocenters. The lowest BCUT2D eigenvalue weighted by Crippen LogP contribution is -2.24. The Morgan fingerprint density at radius 2 is 2.06 bits per heavy atom. The summed E-state index contributed by atoms with van der Waals surface area (Å²) in [5.74, 6) is 0.251. The van der Waals surface area contributed by atoms with Crippen LogP contribution < -0.4 is 4.90 Å². The maximum absolute atomic E-state index is 11.7. The Hall–Kier alpha value is -1.06. The van der Waals surface area contributed by atoms with Crippen LogP contribution in [-0.4, -0.2) is 17.4 Å². The molecule has 84 valence electrons. The van der Waals surface area contributed by atoms with Crippen molar-refractivity contribution in [3.63, 3.8) is 0 Å². The van der Waals surface area contributed by atoms with Gasteiger partial charge in [0.2, 0.25) is 5.91 Å². The number of anilines is 1. The van der Waals surface area contributed by atoms with Crippen molar-refractivity contribution in [1.29, 1.82) is 0 Å². The van der Waals surface area contributed by atoms with Crippen molar-refractivity contribution >= 4 is 34.8 Å². The molecular weight excluding hydrogens is 247 g/mol. The van der Waals surface area contributed by atoms with Crippen molar-refractivity contribution < 1.29 is 4.79 Å². The van der Waals surface area contributed by atoms with Gasteiger partial charge < -0.3 is 4.90 Å². The average Bonchev–Trinajstić information content (AvgIpc) is 2.58. The van der Waals surface area contributed by atoms with Gasteiger partial charge in [-0.1, -0.05) is 29.3 Å². The first kappa shape index (κ1) is 11.4. The molecule has 5 heteroatoms. The minimum absolute atomic E-state index is 0.0585. The van der Waals surface area contributed by atoms with Crippen LogP contribution >= 0.6 is 23.2 Å². The Kier molecular flexibility index (Phi) is 3.17. The van der Waals surface area contributed by atoms with Gasteiger partial charge in [-0.25, -0.2) is 4.98 Å². The van der Waals surface area contributed by atoms with Crippen LogP contribution in [0, 0.1) is 5.92 Å². The number of carbonyl (C=O) groups is 1. The van der Waals surface area contributed by atoms with Crippen molar-refractivity contribution in [1.82, 2.24) is 4.98 Å². The summed E-state index contributed by atoms with van der Waals surface area (Å²) in [4.78, 5) is 17.2. The Bertz CT molecular complexity index is 427. The van der Waals surface area contributed by atoms with Gasteiger partial charge in [-0.15, -0.1) is 6.58 Å². The fourth-order valence-corrected chi connectivity index (χ4v) is 2.20. The topological polar surface area (TPSA) is 33.2 Å². The monoisotopic (exact) mass is 256 g/mol. The highest BCUT2D eigenvalue weighted by Crippen LogP contribution is 2.28. The molecule has 1 fully saturated rings. The van der Waals surface area contributed by atoms with Crippen LogP contribution in [-0.2, 0) is 4.79 Å². The van der Waals surface area contributed by atoms with E-state index in [1.807, 2.05) is 0 Å². The summed E-state index contributed by atoms with van der Waals surface area (Å²) in [5.41, 5.74) is 0.694. The Balaban J connectivity index is 2.30. The summed E-state index contributed by atoms with van der Waals surface area (Å²) in [5, 5.41) is 0.578. The standard InChI is InChI=1S/C11H10Cl2N2O/c1-2-7-3-11(16)15(6-7)8-4-9(12)14-10(13)5-8/h2,4-5,7H,1,3,6H2. The molecule has 0 aliphatic carbocycles. The highest BCUT2D eigenvalue weighted by molar-refractivity contribution is 6.33. The van der Waals surface area contributed by atoms with E-state index in [1.54, 1.807) is 23.1 Å². The zero-order valence-corrected chi connectivity index (χ0v) is 10.0. The number of carbonyl (C=O) groups excluding carboxylic acids is 1. The van der Waals surface area contributed by atoms with Crippen molar-refractivity contribution in [2.75, 3.05) is 11.4 Å². The molecule has 1 aromatic rings. The Morgan fingerprint density at radius 1 is 1.44 bits per heavy atom. The quantitative estimate of drug-likeness (QED) is 0.602. The van der Waals surface area contributed by atoms with E-state index < -0.39 is 0 Å². The van der Waals surface area contributed by atoms with Crippen LogP contribution in [0.4, 0.5) is 5.69 Å². The molecule has 1 amide bonds. The molecule has 3 nitrogen and oxygen atoms in total. The van der Waals surface area contributed by atoms with E-state index in [4.69, 9.17) is 23.2 Å².